The Balaban J connectivity index is 2.86. The Labute approximate surface area is 72.8 Å². The summed E-state index contributed by atoms with van der Waals surface area (Å²) in [7, 11) is 1.64. The maximum Gasteiger partial charge on any atom is 0.119 e. The number of aryl methyl sites for hydroxylation is 1. The number of phenolic OH excluding ortho intramolecular Hbond substituents is 1. The van der Waals surface area contributed by atoms with Crippen LogP contribution < -0.4 is 0 Å². The maximum absolute atomic E-state index is 9.46. The van der Waals surface area contributed by atoms with Gasteiger partial charge in [-0.15, -0.1) is 0 Å². The molecule has 0 spiro atoms. The van der Waals surface area contributed by atoms with Crippen molar-refractivity contribution in [1.82, 2.24) is 0 Å². The summed E-state index contributed by atoms with van der Waals surface area (Å²) in [5.41, 5.74) is 1.99. The van der Waals surface area contributed by atoms with E-state index in [1.165, 1.54) is 0 Å². The van der Waals surface area contributed by atoms with Gasteiger partial charge in [-0.3, -0.25) is 0 Å². The van der Waals surface area contributed by atoms with Gasteiger partial charge in [0.15, 0.2) is 0 Å². The van der Waals surface area contributed by atoms with Crippen LogP contribution in [0.5, 0.6) is 5.75 Å². The molecule has 0 unspecified atom stereocenters. The lowest BCUT2D eigenvalue weighted by Crippen LogP contribution is -1.89. The highest BCUT2D eigenvalue weighted by Crippen LogP contribution is 2.19. The predicted molar refractivity (Wildman–Crippen MR) is 48.2 cm³/mol. The lowest BCUT2D eigenvalue weighted by atomic mass is 10.1. The Morgan fingerprint density at radius 1 is 1.42 bits per heavy atom. The van der Waals surface area contributed by atoms with Crippen molar-refractivity contribution in [2.24, 2.45) is 0 Å². The zero-order chi connectivity index (χ0) is 8.97. The molecular formula is C10H14O2. The second-order valence-corrected chi connectivity index (χ2v) is 2.75. The van der Waals surface area contributed by atoms with Gasteiger partial charge in [0, 0.05) is 7.11 Å². The first-order valence-corrected chi connectivity index (χ1v) is 4.07. The molecule has 0 amide bonds. The molecule has 0 heterocycles. The molecule has 0 aliphatic rings. The van der Waals surface area contributed by atoms with E-state index < -0.39 is 0 Å². The molecule has 1 aromatic carbocycles. The third-order valence-electron chi connectivity index (χ3n) is 1.84. The summed E-state index contributed by atoms with van der Waals surface area (Å²) in [6.07, 6.45) is 0.860. The van der Waals surface area contributed by atoms with Gasteiger partial charge in [0.2, 0.25) is 0 Å². The van der Waals surface area contributed by atoms with E-state index in [0.717, 1.165) is 17.5 Å². The molecule has 0 saturated heterocycles. The minimum atomic E-state index is 0.368. The first kappa shape index (κ1) is 9.07. The molecule has 0 radical (unpaired) electrons. The van der Waals surface area contributed by atoms with Crippen molar-refractivity contribution in [3.05, 3.63) is 29.3 Å². The van der Waals surface area contributed by atoms with Gasteiger partial charge in [-0.1, -0.05) is 19.1 Å². The van der Waals surface area contributed by atoms with Crippen LogP contribution in [0, 0.1) is 0 Å². The van der Waals surface area contributed by atoms with Crippen molar-refractivity contribution in [2.45, 2.75) is 20.0 Å². The standard InChI is InChI=1S/C10H14O2/c1-3-9-5-4-8(7-12-2)6-10(9)11/h4-6,11H,3,7H2,1-2H3. The van der Waals surface area contributed by atoms with Gasteiger partial charge in [-0.05, 0) is 23.6 Å². The first-order valence-electron chi connectivity index (χ1n) is 4.07. The maximum atomic E-state index is 9.46. The molecule has 0 aromatic heterocycles. The van der Waals surface area contributed by atoms with Gasteiger partial charge in [-0.2, -0.15) is 0 Å². The van der Waals surface area contributed by atoms with Crippen molar-refractivity contribution in [2.75, 3.05) is 7.11 Å². The molecule has 1 N–H and O–H groups in total. The number of ether oxygens (including phenoxy) is 1. The molecule has 66 valence electrons. The Morgan fingerprint density at radius 3 is 2.67 bits per heavy atom. The highest BCUT2D eigenvalue weighted by molar-refractivity contribution is 5.36. The third-order valence-corrected chi connectivity index (χ3v) is 1.84. The fourth-order valence-corrected chi connectivity index (χ4v) is 1.16. The fourth-order valence-electron chi connectivity index (χ4n) is 1.16. The van der Waals surface area contributed by atoms with Crippen molar-refractivity contribution in [1.29, 1.82) is 0 Å². The van der Waals surface area contributed by atoms with E-state index in [-0.39, 0.29) is 0 Å². The average Bonchev–Trinajstić information content (AvgIpc) is 2.05. The summed E-state index contributed by atoms with van der Waals surface area (Å²) in [6, 6.07) is 5.66. The molecule has 1 rings (SSSR count). The second-order valence-electron chi connectivity index (χ2n) is 2.75. The normalized spacial score (nSPS) is 10.2. The zero-order valence-electron chi connectivity index (χ0n) is 7.50. The van der Waals surface area contributed by atoms with Gasteiger partial charge in [0.1, 0.15) is 5.75 Å². The van der Waals surface area contributed by atoms with Crippen molar-refractivity contribution < 1.29 is 9.84 Å². The number of rotatable bonds is 3. The average molecular weight is 166 g/mol. The SMILES string of the molecule is CCc1ccc(COC)cc1O. The highest BCUT2D eigenvalue weighted by Gasteiger charge is 1.99. The van der Waals surface area contributed by atoms with E-state index in [9.17, 15) is 5.11 Å². The lowest BCUT2D eigenvalue weighted by Gasteiger charge is -2.04. The van der Waals surface area contributed by atoms with Crippen LogP contribution >= 0.6 is 0 Å². The Kier molecular flexibility index (Phi) is 3.11. The summed E-state index contributed by atoms with van der Waals surface area (Å²) in [5, 5.41) is 9.46. The number of methoxy groups -OCH3 is 1. The van der Waals surface area contributed by atoms with Gasteiger partial charge < -0.3 is 9.84 Å². The van der Waals surface area contributed by atoms with Crippen LogP contribution in [-0.4, -0.2) is 12.2 Å². The summed E-state index contributed by atoms with van der Waals surface area (Å²) < 4.78 is 4.95. The molecule has 2 heteroatoms. The molecule has 0 saturated carbocycles. The number of aromatic hydroxyl groups is 1. The van der Waals surface area contributed by atoms with Crippen LogP contribution in [0.2, 0.25) is 0 Å². The van der Waals surface area contributed by atoms with Crippen LogP contribution in [0.1, 0.15) is 18.1 Å². The zero-order valence-corrected chi connectivity index (χ0v) is 7.50. The minimum absolute atomic E-state index is 0.368. The van der Waals surface area contributed by atoms with Crippen LogP contribution in [0.3, 0.4) is 0 Å². The van der Waals surface area contributed by atoms with E-state index in [1.54, 1.807) is 13.2 Å². The summed E-state index contributed by atoms with van der Waals surface area (Å²) >= 11 is 0. The number of benzene rings is 1. The van der Waals surface area contributed by atoms with Crippen molar-refractivity contribution in [3.63, 3.8) is 0 Å². The molecule has 0 aliphatic carbocycles. The van der Waals surface area contributed by atoms with E-state index in [2.05, 4.69) is 0 Å². The molecule has 1 aromatic rings. The quantitative estimate of drug-likeness (QED) is 0.745. The molecule has 0 bridgehead atoms. The van der Waals surface area contributed by atoms with E-state index in [0.29, 0.717) is 12.4 Å². The monoisotopic (exact) mass is 166 g/mol. The second kappa shape index (κ2) is 4.12. The van der Waals surface area contributed by atoms with Crippen LogP contribution in [0.4, 0.5) is 0 Å². The smallest absolute Gasteiger partial charge is 0.119 e. The van der Waals surface area contributed by atoms with Crippen LogP contribution in [0.25, 0.3) is 0 Å². The largest absolute Gasteiger partial charge is 0.508 e. The minimum Gasteiger partial charge on any atom is -0.508 e. The Morgan fingerprint density at radius 2 is 2.17 bits per heavy atom. The number of hydrogen-bond acceptors (Lipinski definition) is 2. The van der Waals surface area contributed by atoms with Gasteiger partial charge in [0.05, 0.1) is 6.61 Å². The molecule has 2 nitrogen and oxygen atoms in total. The van der Waals surface area contributed by atoms with Crippen LogP contribution in [-0.2, 0) is 17.8 Å². The van der Waals surface area contributed by atoms with E-state index >= 15 is 0 Å². The van der Waals surface area contributed by atoms with Crippen molar-refractivity contribution in [3.8, 4) is 5.75 Å². The third kappa shape index (κ3) is 1.98. The summed E-state index contributed by atoms with van der Waals surface area (Å²) in [4.78, 5) is 0. The lowest BCUT2D eigenvalue weighted by molar-refractivity contribution is 0.184. The van der Waals surface area contributed by atoms with E-state index in [4.69, 9.17) is 4.74 Å². The van der Waals surface area contributed by atoms with Gasteiger partial charge in [-0.25, -0.2) is 0 Å². The Hall–Kier alpha value is -1.02. The highest BCUT2D eigenvalue weighted by atomic mass is 16.5. The van der Waals surface area contributed by atoms with Gasteiger partial charge in [0.25, 0.3) is 0 Å². The molecule has 12 heavy (non-hydrogen) atoms. The summed E-state index contributed by atoms with van der Waals surface area (Å²) in [6.45, 7) is 2.57. The van der Waals surface area contributed by atoms with E-state index in [1.807, 2.05) is 19.1 Å². The fraction of sp³-hybridized carbons (Fsp3) is 0.400. The molecule has 0 aliphatic heterocycles. The Bertz CT molecular complexity index is 256. The predicted octanol–water partition coefficient (Wildman–Crippen LogP) is 2.10. The number of hydrogen-bond donors (Lipinski definition) is 1. The molecular weight excluding hydrogens is 152 g/mol. The van der Waals surface area contributed by atoms with Crippen molar-refractivity contribution >= 4 is 0 Å². The topological polar surface area (TPSA) is 29.5 Å². The first-order chi connectivity index (χ1) is 5.77. The van der Waals surface area contributed by atoms with Crippen LogP contribution in [0.15, 0.2) is 18.2 Å². The molecule has 0 fully saturated rings. The van der Waals surface area contributed by atoms with Gasteiger partial charge >= 0.3 is 0 Å². The summed E-state index contributed by atoms with van der Waals surface area (Å²) in [5.74, 6) is 0.368. The molecule has 0 atom stereocenters. The number of phenols is 1.